The van der Waals surface area contributed by atoms with Gasteiger partial charge in [-0.3, -0.25) is 4.79 Å². The lowest BCUT2D eigenvalue weighted by atomic mass is 10.1. The summed E-state index contributed by atoms with van der Waals surface area (Å²) < 4.78 is 0. The van der Waals surface area contributed by atoms with Gasteiger partial charge in [0.25, 0.3) is 0 Å². The number of carbonyl (C=O) groups is 1. The number of hydrogen-bond donors (Lipinski definition) is 1. The molecule has 0 aliphatic rings. The second kappa shape index (κ2) is 6.49. The molecule has 0 amide bonds. The number of thioether (sulfide) groups is 1. The minimum Gasteiger partial charge on any atom is -0.311 e. The van der Waals surface area contributed by atoms with Crippen LogP contribution in [0.1, 0.15) is 27.2 Å². The molecule has 72 valence electrons. The third-order valence-electron chi connectivity index (χ3n) is 1.47. The highest BCUT2D eigenvalue weighted by molar-refractivity contribution is 7.98. The van der Waals surface area contributed by atoms with Crippen LogP contribution < -0.4 is 5.32 Å². The van der Waals surface area contributed by atoms with Gasteiger partial charge in [-0.1, -0.05) is 13.8 Å². The summed E-state index contributed by atoms with van der Waals surface area (Å²) in [7, 11) is 0. The molecule has 1 atom stereocenters. The van der Waals surface area contributed by atoms with Crippen LogP contribution in [-0.2, 0) is 4.79 Å². The number of nitrogens with one attached hydrogen (secondary N) is 1. The van der Waals surface area contributed by atoms with Crippen LogP contribution in [0.25, 0.3) is 0 Å². The Balaban J connectivity index is 3.77. The van der Waals surface area contributed by atoms with Gasteiger partial charge in [-0.15, -0.1) is 0 Å². The Labute approximate surface area is 79.5 Å². The van der Waals surface area contributed by atoms with Crippen molar-refractivity contribution in [3.63, 3.8) is 0 Å². The van der Waals surface area contributed by atoms with Gasteiger partial charge in [-0.05, 0) is 13.2 Å². The summed E-state index contributed by atoms with van der Waals surface area (Å²) in [4.78, 5) is 10.9. The van der Waals surface area contributed by atoms with Gasteiger partial charge >= 0.3 is 0 Å². The normalized spacial score (nSPS) is 13.4. The Kier molecular flexibility index (Phi) is 6.48. The molecule has 0 saturated carbocycles. The molecule has 1 unspecified atom stereocenters. The zero-order valence-electron chi connectivity index (χ0n) is 8.39. The molecule has 2 nitrogen and oxygen atoms in total. The van der Waals surface area contributed by atoms with Crippen molar-refractivity contribution in [1.82, 2.24) is 5.32 Å². The van der Waals surface area contributed by atoms with E-state index in [1.807, 2.05) is 0 Å². The molecule has 0 aromatic rings. The van der Waals surface area contributed by atoms with Crippen molar-refractivity contribution in [1.29, 1.82) is 0 Å². The molecule has 0 aromatic heterocycles. The number of carbonyl (C=O) groups excluding carboxylic acids is 1. The molecule has 0 fully saturated rings. The van der Waals surface area contributed by atoms with E-state index in [2.05, 4.69) is 25.4 Å². The second-order valence-corrected chi connectivity index (χ2v) is 4.29. The van der Waals surface area contributed by atoms with Crippen LogP contribution in [0.3, 0.4) is 0 Å². The highest BCUT2D eigenvalue weighted by atomic mass is 32.2. The van der Waals surface area contributed by atoms with E-state index < -0.39 is 0 Å². The van der Waals surface area contributed by atoms with Gasteiger partial charge in [-0.2, -0.15) is 11.8 Å². The van der Waals surface area contributed by atoms with Crippen molar-refractivity contribution in [2.75, 3.05) is 12.0 Å². The van der Waals surface area contributed by atoms with Crippen LogP contribution in [-0.4, -0.2) is 29.9 Å². The van der Waals surface area contributed by atoms with Crippen LogP contribution in [0.5, 0.6) is 0 Å². The lowest BCUT2D eigenvalue weighted by molar-refractivity contribution is -0.117. The first-order valence-corrected chi connectivity index (χ1v) is 5.70. The Hall–Kier alpha value is -0.0200. The van der Waals surface area contributed by atoms with Crippen molar-refractivity contribution in [3.05, 3.63) is 0 Å². The summed E-state index contributed by atoms with van der Waals surface area (Å²) in [6.45, 7) is 5.86. The molecule has 0 spiro atoms. The fourth-order valence-electron chi connectivity index (χ4n) is 1.19. The molecule has 0 rings (SSSR count). The van der Waals surface area contributed by atoms with E-state index in [0.29, 0.717) is 18.5 Å². The van der Waals surface area contributed by atoms with Crippen molar-refractivity contribution < 1.29 is 4.79 Å². The van der Waals surface area contributed by atoms with Gasteiger partial charge in [0, 0.05) is 24.3 Å². The van der Waals surface area contributed by atoms with Gasteiger partial charge in [0.15, 0.2) is 0 Å². The topological polar surface area (TPSA) is 29.1 Å². The lowest BCUT2D eigenvalue weighted by Crippen LogP contribution is -2.37. The fourth-order valence-corrected chi connectivity index (χ4v) is 1.80. The van der Waals surface area contributed by atoms with Crippen molar-refractivity contribution in [2.45, 2.75) is 39.3 Å². The summed E-state index contributed by atoms with van der Waals surface area (Å²) >= 11 is 1.78. The Morgan fingerprint density at radius 3 is 2.42 bits per heavy atom. The van der Waals surface area contributed by atoms with E-state index in [4.69, 9.17) is 0 Å². The molecule has 0 aliphatic carbocycles. The summed E-state index contributed by atoms with van der Waals surface area (Å²) in [5.74, 6) is 1.28. The van der Waals surface area contributed by atoms with Crippen LogP contribution in [0.4, 0.5) is 0 Å². The Morgan fingerprint density at radius 1 is 1.50 bits per heavy atom. The van der Waals surface area contributed by atoms with E-state index >= 15 is 0 Å². The third kappa shape index (κ3) is 6.68. The summed E-state index contributed by atoms with van der Waals surface area (Å²) in [5.41, 5.74) is 0. The number of hydrogen-bond acceptors (Lipinski definition) is 3. The molecule has 0 saturated heterocycles. The standard InChI is InChI=1S/C9H19NOS/c1-7(2)10-9(6-12-4)5-8(3)11/h7,9-10H,5-6H2,1-4H3. The maximum absolute atomic E-state index is 10.9. The average Bonchev–Trinajstić information content (AvgIpc) is 1.84. The van der Waals surface area contributed by atoms with E-state index in [1.54, 1.807) is 18.7 Å². The first-order valence-electron chi connectivity index (χ1n) is 4.30. The highest BCUT2D eigenvalue weighted by Gasteiger charge is 2.10. The molecule has 0 aromatic carbocycles. The van der Waals surface area contributed by atoms with Gasteiger partial charge in [0.05, 0.1) is 0 Å². The van der Waals surface area contributed by atoms with E-state index in [1.165, 1.54) is 0 Å². The predicted octanol–water partition coefficient (Wildman–Crippen LogP) is 1.70. The molecule has 1 N–H and O–H groups in total. The number of Topliss-reactive ketones (excluding diaryl/α,β-unsaturated/α-hetero) is 1. The van der Waals surface area contributed by atoms with E-state index in [-0.39, 0.29) is 5.78 Å². The quantitative estimate of drug-likeness (QED) is 0.689. The molecule has 0 aliphatic heterocycles. The number of ketones is 1. The molecular formula is C9H19NOS. The molecule has 0 heterocycles. The first kappa shape index (κ1) is 12.0. The van der Waals surface area contributed by atoms with Crippen LogP contribution in [0.2, 0.25) is 0 Å². The Morgan fingerprint density at radius 2 is 2.08 bits per heavy atom. The van der Waals surface area contributed by atoms with Crippen molar-refractivity contribution in [3.8, 4) is 0 Å². The largest absolute Gasteiger partial charge is 0.311 e. The van der Waals surface area contributed by atoms with Gasteiger partial charge in [0.2, 0.25) is 0 Å². The van der Waals surface area contributed by atoms with Gasteiger partial charge in [0.1, 0.15) is 5.78 Å². The summed E-state index contributed by atoms with van der Waals surface area (Å²) in [6, 6.07) is 0.805. The maximum Gasteiger partial charge on any atom is 0.131 e. The fraction of sp³-hybridized carbons (Fsp3) is 0.889. The van der Waals surface area contributed by atoms with Crippen LogP contribution >= 0.6 is 11.8 Å². The zero-order valence-corrected chi connectivity index (χ0v) is 9.20. The van der Waals surface area contributed by atoms with Crippen molar-refractivity contribution >= 4 is 17.5 Å². The second-order valence-electron chi connectivity index (χ2n) is 3.38. The zero-order chi connectivity index (χ0) is 9.56. The molecule has 0 bridgehead atoms. The Bertz CT molecular complexity index is 136. The minimum atomic E-state index is 0.266. The predicted molar refractivity (Wildman–Crippen MR) is 55.7 cm³/mol. The van der Waals surface area contributed by atoms with E-state index in [9.17, 15) is 4.79 Å². The monoisotopic (exact) mass is 189 g/mol. The van der Waals surface area contributed by atoms with Crippen LogP contribution in [0.15, 0.2) is 0 Å². The minimum absolute atomic E-state index is 0.266. The number of rotatable bonds is 6. The van der Waals surface area contributed by atoms with Gasteiger partial charge in [-0.25, -0.2) is 0 Å². The molecular weight excluding hydrogens is 170 g/mol. The lowest BCUT2D eigenvalue weighted by Gasteiger charge is -2.18. The van der Waals surface area contributed by atoms with Crippen LogP contribution in [0, 0.1) is 0 Å². The third-order valence-corrected chi connectivity index (χ3v) is 2.21. The smallest absolute Gasteiger partial charge is 0.131 e. The summed E-state index contributed by atoms with van der Waals surface area (Å²) in [6.07, 6.45) is 2.72. The van der Waals surface area contributed by atoms with Gasteiger partial charge < -0.3 is 5.32 Å². The maximum atomic E-state index is 10.9. The van der Waals surface area contributed by atoms with E-state index in [0.717, 1.165) is 5.75 Å². The summed E-state index contributed by atoms with van der Waals surface area (Å²) in [5, 5.41) is 3.37. The molecule has 3 heteroatoms. The molecule has 12 heavy (non-hydrogen) atoms. The highest BCUT2D eigenvalue weighted by Crippen LogP contribution is 2.03. The SMILES string of the molecule is CSCC(CC(C)=O)NC(C)C. The first-order chi connectivity index (χ1) is 5.56. The van der Waals surface area contributed by atoms with Crippen molar-refractivity contribution in [2.24, 2.45) is 0 Å². The molecule has 0 radical (unpaired) electrons. The average molecular weight is 189 g/mol.